The number of hydrogen-bond acceptors (Lipinski definition) is 3. The topological polar surface area (TPSA) is 44.8 Å². The Morgan fingerprint density at radius 2 is 1.88 bits per heavy atom. The molecule has 0 saturated carbocycles. The maximum atomic E-state index is 13.2. The van der Waals surface area contributed by atoms with Crippen LogP contribution in [0.4, 0.5) is 10.5 Å². The Hall–Kier alpha value is -3.31. The SMILES string of the molecule is COc1cccc(CN2CCCC(NC(=O)N3CCc4cc(-c5ccccc5)ccc43)C2)c1. The van der Waals surface area contributed by atoms with Crippen LogP contribution in [0.15, 0.2) is 72.8 Å². The fraction of sp³-hybridized carbons (Fsp3) is 0.321. The predicted octanol–water partition coefficient (Wildman–Crippen LogP) is 5.10. The van der Waals surface area contributed by atoms with Gasteiger partial charge in [-0.15, -0.1) is 0 Å². The van der Waals surface area contributed by atoms with Crippen molar-refractivity contribution >= 4 is 11.7 Å². The molecule has 0 spiro atoms. The molecule has 170 valence electrons. The van der Waals surface area contributed by atoms with Crippen LogP contribution in [0.5, 0.6) is 5.75 Å². The molecule has 1 atom stereocenters. The minimum absolute atomic E-state index is 0.0226. The number of fused-ring (bicyclic) bond motifs is 1. The summed E-state index contributed by atoms with van der Waals surface area (Å²) < 4.78 is 5.35. The van der Waals surface area contributed by atoms with Gasteiger partial charge in [-0.3, -0.25) is 9.80 Å². The normalized spacial score (nSPS) is 18.1. The number of carbonyl (C=O) groups excluding carboxylic acids is 1. The van der Waals surface area contributed by atoms with Crippen molar-refractivity contribution in [3.8, 4) is 16.9 Å². The molecule has 0 aliphatic carbocycles. The van der Waals surface area contributed by atoms with Gasteiger partial charge in [-0.2, -0.15) is 0 Å². The summed E-state index contributed by atoms with van der Waals surface area (Å²) >= 11 is 0. The minimum Gasteiger partial charge on any atom is -0.497 e. The third kappa shape index (κ3) is 4.88. The number of urea groups is 1. The zero-order valence-corrected chi connectivity index (χ0v) is 19.2. The van der Waals surface area contributed by atoms with Gasteiger partial charge in [-0.05, 0) is 72.3 Å². The Labute approximate surface area is 196 Å². The summed E-state index contributed by atoms with van der Waals surface area (Å²) in [5, 5.41) is 3.31. The van der Waals surface area contributed by atoms with E-state index < -0.39 is 0 Å². The van der Waals surface area contributed by atoms with Gasteiger partial charge in [-0.1, -0.05) is 48.5 Å². The summed E-state index contributed by atoms with van der Waals surface area (Å²) in [5.74, 6) is 0.887. The van der Waals surface area contributed by atoms with Gasteiger partial charge < -0.3 is 10.1 Å². The highest BCUT2D eigenvalue weighted by molar-refractivity contribution is 5.95. The van der Waals surface area contributed by atoms with Crippen LogP contribution in [0.2, 0.25) is 0 Å². The number of benzene rings is 3. The third-order valence-electron chi connectivity index (χ3n) is 6.70. The Morgan fingerprint density at radius 1 is 1.00 bits per heavy atom. The van der Waals surface area contributed by atoms with Gasteiger partial charge in [0.05, 0.1) is 7.11 Å². The molecule has 2 heterocycles. The van der Waals surface area contributed by atoms with Crippen LogP contribution >= 0.6 is 0 Å². The van der Waals surface area contributed by atoms with Gasteiger partial charge in [0, 0.05) is 31.4 Å². The van der Waals surface area contributed by atoms with E-state index in [0.29, 0.717) is 0 Å². The molecule has 0 bridgehead atoms. The lowest BCUT2D eigenvalue weighted by molar-refractivity contribution is 0.182. The highest BCUT2D eigenvalue weighted by Crippen LogP contribution is 2.32. The Balaban J connectivity index is 1.21. The summed E-state index contributed by atoms with van der Waals surface area (Å²) in [6.07, 6.45) is 3.01. The number of methoxy groups -OCH3 is 1. The van der Waals surface area contributed by atoms with Gasteiger partial charge in [0.25, 0.3) is 0 Å². The van der Waals surface area contributed by atoms with Crippen LogP contribution in [-0.2, 0) is 13.0 Å². The second-order valence-corrected chi connectivity index (χ2v) is 8.99. The smallest absolute Gasteiger partial charge is 0.322 e. The van der Waals surface area contributed by atoms with Crippen LogP contribution in [-0.4, -0.2) is 43.7 Å². The average molecular weight is 442 g/mol. The molecule has 33 heavy (non-hydrogen) atoms. The van der Waals surface area contributed by atoms with E-state index in [-0.39, 0.29) is 12.1 Å². The van der Waals surface area contributed by atoms with E-state index in [1.807, 2.05) is 23.1 Å². The second kappa shape index (κ2) is 9.67. The number of ether oxygens (including phenoxy) is 1. The van der Waals surface area contributed by atoms with Crippen LogP contribution in [0.25, 0.3) is 11.1 Å². The zero-order chi connectivity index (χ0) is 22.6. The lowest BCUT2D eigenvalue weighted by atomic mass is 10.0. The predicted molar refractivity (Wildman–Crippen MR) is 133 cm³/mol. The molecule has 2 aliphatic heterocycles. The quantitative estimate of drug-likeness (QED) is 0.599. The molecule has 1 N–H and O–H groups in total. The number of piperidine rings is 1. The third-order valence-corrected chi connectivity index (χ3v) is 6.70. The molecule has 5 heteroatoms. The average Bonchev–Trinajstić information content (AvgIpc) is 3.28. The zero-order valence-electron chi connectivity index (χ0n) is 19.2. The van der Waals surface area contributed by atoms with Crippen molar-refractivity contribution in [3.05, 3.63) is 83.9 Å². The molecule has 1 saturated heterocycles. The number of amides is 2. The number of nitrogens with zero attached hydrogens (tertiary/aromatic N) is 2. The number of hydrogen-bond donors (Lipinski definition) is 1. The van der Waals surface area contributed by atoms with E-state index in [2.05, 4.69) is 64.8 Å². The molecule has 5 nitrogen and oxygen atoms in total. The number of likely N-dealkylation sites (tertiary alicyclic amines) is 1. The van der Waals surface area contributed by atoms with Gasteiger partial charge in [0.2, 0.25) is 0 Å². The number of nitrogens with one attached hydrogen (secondary N) is 1. The molecule has 0 radical (unpaired) electrons. The Bertz CT molecular complexity index is 1120. The van der Waals surface area contributed by atoms with Gasteiger partial charge in [0.15, 0.2) is 0 Å². The van der Waals surface area contributed by atoms with Crippen LogP contribution in [0.1, 0.15) is 24.0 Å². The first-order chi connectivity index (χ1) is 16.2. The van der Waals surface area contributed by atoms with Crippen LogP contribution in [0, 0.1) is 0 Å². The molecular weight excluding hydrogens is 410 g/mol. The molecule has 2 amide bonds. The van der Waals surface area contributed by atoms with Crippen LogP contribution < -0.4 is 15.0 Å². The summed E-state index contributed by atoms with van der Waals surface area (Å²) in [6.45, 7) is 3.53. The van der Waals surface area contributed by atoms with Crippen molar-refractivity contribution in [2.45, 2.75) is 31.8 Å². The first kappa shape index (κ1) is 21.5. The largest absolute Gasteiger partial charge is 0.497 e. The van der Waals surface area contributed by atoms with Crippen molar-refractivity contribution in [1.82, 2.24) is 10.2 Å². The first-order valence-corrected chi connectivity index (χ1v) is 11.8. The molecule has 3 aromatic carbocycles. The maximum absolute atomic E-state index is 13.2. The highest BCUT2D eigenvalue weighted by atomic mass is 16.5. The van der Waals surface area contributed by atoms with Crippen molar-refractivity contribution < 1.29 is 9.53 Å². The first-order valence-electron chi connectivity index (χ1n) is 11.8. The van der Waals surface area contributed by atoms with Gasteiger partial charge in [-0.25, -0.2) is 4.79 Å². The lowest BCUT2D eigenvalue weighted by Gasteiger charge is -2.34. The number of anilines is 1. The molecule has 2 aliphatic rings. The summed E-state index contributed by atoms with van der Waals surface area (Å²) in [6, 6.07) is 25.3. The second-order valence-electron chi connectivity index (χ2n) is 8.99. The summed E-state index contributed by atoms with van der Waals surface area (Å²) in [7, 11) is 1.70. The van der Waals surface area contributed by atoms with Crippen molar-refractivity contribution in [3.63, 3.8) is 0 Å². The molecule has 0 aromatic heterocycles. The summed E-state index contributed by atoms with van der Waals surface area (Å²) in [4.78, 5) is 17.5. The van der Waals surface area contributed by atoms with E-state index in [1.165, 1.54) is 22.3 Å². The number of carbonyl (C=O) groups is 1. The monoisotopic (exact) mass is 441 g/mol. The fourth-order valence-electron chi connectivity index (χ4n) is 5.02. The van der Waals surface area contributed by atoms with E-state index in [1.54, 1.807) is 7.11 Å². The molecule has 5 rings (SSSR count). The molecular formula is C28H31N3O2. The van der Waals surface area contributed by atoms with E-state index in [9.17, 15) is 4.79 Å². The highest BCUT2D eigenvalue weighted by Gasteiger charge is 2.28. The van der Waals surface area contributed by atoms with E-state index >= 15 is 0 Å². The van der Waals surface area contributed by atoms with Crippen molar-refractivity contribution in [1.29, 1.82) is 0 Å². The molecule has 3 aromatic rings. The van der Waals surface area contributed by atoms with Gasteiger partial charge >= 0.3 is 6.03 Å². The standard InChI is InChI=1S/C28H31N3O2/c1-33-26-11-5-7-21(17-26)19-30-15-6-10-25(20-30)29-28(32)31-16-14-24-18-23(12-13-27(24)31)22-8-3-2-4-9-22/h2-5,7-9,11-13,17-18,25H,6,10,14-16,19-20H2,1H3,(H,29,32). The Kier molecular flexibility index (Phi) is 6.31. The van der Waals surface area contributed by atoms with Gasteiger partial charge in [0.1, 0.15) is 5.75 Å². The maximum Gasteiger partial charge on any atom is 0.322 e. The van der Waals surface area contributed by atoms with E-state index in [0.717, 1.165) is 56.9 Å². The molecule has 1 fully saturated rings. The molecule has 1 unspecified atom stereocenters. The fourth-order valence-corrected chi connectivity index (χ4v) is 5.02. The van der Waals surface area contributed by atoms with Crippen molar-refractivity contribution in [2.75, 3.05) is 31.6 Å². The Morgan fingerprint density at radius 3 is 2.73 bits per heavy atom. The van der Waals surface area contributed by atoms with E-state index in [4.69, 9.17) is 4.74 Å². The minimum atomic E-state index is 0.0226. The summed E-state index contributed by atoms with van der Waals surface area (Å²) in [5.41, 5.74) is 5.94. The number of rotatable bonds is 5. The van der Waals surface area contributed by atoms with Crippen LogP contribution in [0.3, 0.4) is 0 Å². The lowest BCUT2D eigenvalue weighted by Crippen LogP contribution is -2.51. The van der Waals surface area contributed by atoms with Crippen molar-refractivity contribution in [2.24, 2.45) is 0 Å².